The third-order valence-electron chi connectivity index (χ3n) is 4.18. The van der Waals surface area contributed by atoms with Crippen LogP contribution in [0.25, 0.3) is 0 Å². The lowest BCUT2D eigenvalue weighted by molar-refractivity contribution is 0.0218. The maximum absolute atomic E-state index is 10.3. The minimum atomic E-state index is -1.91. The molecule has 1 atom stereocenters. The van der Waals surface area contributed by atoms with Crippen LogP contribution in [0.15, 0.2) is 28.7 Å². The molecule has 2 nitrogen and oxygen atoms in total. The van der Waals surface area contributed by atoms with Crippen molar-refractivity contribution in [3.8, 4) is 0 Å². The first-order valence-corrected chi connectivity index (χ1v) is 11.2. The van der Waals surface area contributed by atoms with Crippen molar-refractivity contribution in [2.24, 2.45) is 0 Å². The van der Waals surface area contributed by atoms with Gasteiger partial charge in [-0.25, -0.2) is 0 Å². The summed E-state index contributed by atoms with van der Waals surface area (Å²) in [6, 6.07) is 8.13. The predicted molar refractivity (Wildman–Crippen MR) is 96.1 cm³/mol. The topological polar surface area (TPSA) is 29.5 Å². The third kappa shape index (κ3) is 5.51. The third-order valence-corrected chi connectivity index (χ3v) is 9.39. The van der Waals surface area contributed by atoms with Crippen LogP contribution in [0.2, 0.25) is 18.1 Å². The van der Waals surface area contributed by atoms with Gasteiger partial charge in [-0.15, -0.1) is 0 Å². The van der Waals surface area contributed by atoms with Gasteiger partial charge >= 0.3 is 0 Å². The second-order valence-corrected chi connectivity index (χ2v) is 13.5. The van der Waals surface area contributed by atoms with E-state index in [1.54, 1.807) is 0 Å². The minimum Gasteiger partial charge on any atom is -0.410 e. The molecule has 0 heterocycles. The average molecular weight is 373 g/mol. The first-order chi connectivity index (χ1) is 9.33. The van der Waals surface area contributed by atoms with Crippen LogP contribution in [-0.2, 0) is 4.43 Å². The van der Waals surface area contributed by atoms with E-state index in [-0.39, 0.29) is 11.1 Å². The molecule has 0 bridgehead atoms. The second kappa shape index (κ2) is 6.53. The van der Waals surface area contributed by atoms with Gasteiger partial charge in [0.2, 0.25) is 0 Å². The van der Waals surface area contributed by atoms with Gasteiger partial charge in [0.15, 0.2) is 8.32 Å². The van der Waals surface area contributed by atoms with Crippen LogP contribution in [0.5, 0.6) is 0 Å². The first-order valence-electron chi connectivity index (χ1n) is 7.48. The summed E-state index contributed by atoms with van der Waals surface area (Å²) in [5.74, 6) is 0. The fourth-order valence-corrected chi connectivity index (χ4v) is 3.75. The molecule has 0 aliphatic heterocycles. The van der Waals surface area contributed by atoms with Gasteiger partial charge in [0, 0.05) is 10.9 Å². The molecule has 0 saturated heterocycles. The summed E-state index contributed by atoms with van der Waals surface area (Å²) < 4.78 is 7.63. The largest absolute Gasteiger partial charge is 0.410 e. The molecule has 0 spiro atoms. The number of rotatable bonds is 5. The Bertz CT molecular complexity index is 472. The van der Waals surface area contributed by atoms with Gasteiger partial charge in [0.25, 0.3) is 0 Å². The smallest absolute Gasteiger partial charge is 0.192 e. The molecule has 0 saturated carbocycles. The molecule has 0 fully saturated rings. The Labute approximate surface area is 139 Å². The molecule has 1 aromatic rings. The van der Waals surface area contributed by atoms with E-state index in [0.717, 1.165) is 10.0 Å². The van der Waals surface area contributed by atoms with Crippen LogP contribution in [0.3, 0.4) is 0 Å². The maximum atomic E-state index is 10.3. The quantitative estimate of drug-likeness (QED) is 0.674. The van der Waals surface area contributed by atoms with Crippen LogP contribution in [0.4, 0.5) is 0 Å². The summed E-state index contributed by atoms with van der Waals surface area (Å²) in [6.45, 7) is 14.9. The summed E-state index contributed by atoms with van der Waals surface area (Å²) >= 11 is 3.62. The zero-order valence-corrected chi connectivity index (χ0v) is 16.9. The lowest BCUT2D eigenvalue weighted by Gasteiger charge is -2.40. The van der Waals surface area contributed by atoms with Crippen molar-refractivity contribution in [3.63, 3.8) is 0 Å². The zero-order valence-electron chi connectivity index (χ0n) is 14.3. The molecule has 0 aliphatic rings. The molecule has 1 aromatic carbocycles. The molecule has 1 rings (SSSR count). The molecule has 0 aliphatic carbocycles. The van der Waals surface area contributed by atoms with Gasteiger partial charge in [-0.3, -0.25) is 0 Å². The average Bonchev–Trinajstić information content (AvgIpc) is 2.24. The van der Waals surface area contributed by atoms with E-state index in [2.05, 4.69) is 55.9 Å². The fraction of sp³-hybridized carbons (Fsp3) is 0.647. The summed E-state index contributed by atoms with van der Waals surface area (Å²) in [5, 5.41) is 10.4. The molecule has 1 N–H and O–H groups in total. The molecule has 21 heavy (non-hydrogen) atoms. The molecule has 4 heteroatoms. The van der Waals surface area contributed by atoms with Crippen molar-refractivity contribution in [3.05, 3.63) is 34.3 Å². The summed E-state index contributed by atoms with van der Waals surface area (Å²) in [6.07, 6.45) is 0.490. The Hall–Kier alpha value is -0.163. The molecule has 0 amide bonds. The lowest BCUT2D eigenvalue weighted by atomic mass is 9.96. The summed E-state index contributed by atoms with van der Waals surface area (Å²) in [5.41, 5.74) is 0.354. The fourth-order valence-electron chi connectivity index (χ4n) is 1.94. The van der Waals surface area contributed by atoms with Crippen molar-refractivity contribution >= 4 is 24.2 Å². The normalized spacial score (nSPS) is 15.1. The van der Waals surface area contributed by atoms with Crippen LogP contribution >= 0.6 is 15.9 Å². The van der Waals surface area contributed by atoms with Crippen molar-refractivity contribution in [2.75, 3.05) is 0 Å². The maximum Gasteiger partial charge on any atom is 0.192 e. The number of benzene rings is 1. The Morgan fingerprint density at radius 2 is 1.67 bits per heavy atom. The Morgan fingerprint density at radius 3 is 2.10 bits per heavy atom. The highest BCUT2D eigenvalue weighted by Crippen LogP contribution is 2.42. The molecular weight excluding hydrogens is 344 g/mol. The van der Waals surface area contributed by atoms with E-state index in [0.29, 0.717) is 6.42 Å². The van der Waals surface area contributed by atoms with Crippen LogP contribution in [0, 0.1) is 0 Å². The first kappa shape index (κ1) is 18.9. The molecule has 1 unspecified atom stereocenters. The van der Waals surface area contributed by atoms with Crippen LogP contribution in [-0.4, -0.2) is 19.0 Å². The van der Waals surface area contributed by atoms with E-state index in [4.69, 9.17) is 4.43 Å². The van der Waals surface area contributed by atoms with E-state index in [1.807, 2.05) is 32.0 Å². The Morgan fingerprint density at radius 1 is 1.14 bits per heavy atom. The summed E-state index contributed by atoms with van der Waals surface area (Å²) in [4.78, 5) is 0. The molecule has 0 radical (unpaired) electrons. The Kier molecular flexibility index (Phi) is 5.87. The monoisotopic (exact) mass is 372 g/mol. The van der Waals surface area contributed by atoms with Crippen molar-refractivity contribution < 1.29 is 9.53 Å². The second-order valence-electron chi connectivity index (χ2n) is 7.90. The molecule has 120 valence electrons. The lowest BCUT2D eigenvalue weighted by Crippen LogP contribution is -2.43. The van der Waals surface area contributed by atoms with E-state index in [9.17, 15) is 5.11 Å². The van der Waals surface area contributed by atoms with Crippen molar-refractivity contribution in [1.29, 1.82) is 0 Å². The van der Waals surface area contributed by atoms with Gasteiger partial charge in [-0.05, 0) is 43.6 Å². The number of halogens is 1. The number of hydrogen-bond donors (Lipinski definition) is 1. The minimum absolute atomic E-state index is 0.0959. The highest BCUT2D eigenvalue weighted by molar-refractivity contribution is 9.10. The van der Waals surface area contributed by atoms with E-state index >= 15 is 0 Å². The summed E-state index contributed by atoms with van der Waals surface area (Å²) in [7, 11) is -1.91. The van der Waals surface area contributed by atoms with Crippen molar-refractivity contribution in [2.45, 2.75) is 70.9 Å². The van der Waals surface area contributed by atoms with Gasteiger partial charge in [0.1, 0.15) is 0 Å². The zero-order chi connectivity index (χ0) is 16.5. The van der Waals surface area contributed by atoms with Gasteiger partial charge in [-0.2, -0.15) is 0 Å². The van der Waals surface area contributed by atoms with Gasteiger partial charge in [0.05, 0.1) is 11.7 Å². The van der Waals surface area contributed by atoms with Crippen LogP contribution in [0.1, 0.15) is 52.7 Å². The molecular formula is C17H29BrO2Si. The SMILES string of the molecule is CC(C)(O)CC(O[Si](C)(C)C(C)(C)C)c1ccccc1Br. The van der Waals surface area contributed by atoms with E-state index < -0.39 is 13.9 Å². The standard InChI is InChI=1S/C17H29BrO2Si/c1-16(2,3)21(6,7)20-15(12-17(4,5)19)13-10-8-9-11-14(13)18/h8-11,15,19H,12H2,1-7H3. The van der Waals surface area contributed by atoms with Crippen LogP contribution < -0.4 is 0 Å². The van der Waals surface area contributed by atoms with Crippen molar-refractivity contribution in [1.82, 2.24) is 0 Å². The van der Waals surface area contributed by atoms with Gasteiger partial charge < -0.3 is 9.53 Å². The highest BCUT2D eigenvalue weighted by Gasteiger charge is 2.40. The predicted octanol–water partition coefficient (Wildman–Crippen LogP) is 5.67. The number of aliphatic hydroxyl groups is 1. The Balaban J connectivity index is 3.13. The number of hydrogen-bond acceptors (Lipinski definition) is 2. The highest BCUT2D eigenvalue weighted by atomic mass is 79.9. The van der Waals surface area contributed by atoms with E-state index in [1.165, 1.54) is 0 Å². The molecule has 0 aromatic heterocycles. The van der Waals surface area contributed by atoms with Gasteiger partial charge in [-0.1, -0.05) is 54.9 Å².